The minimum Gasteiger partial charge on any atom is -0.494 e. The Labute approximate surface area is 121 Å². The van der Waals surface area contributed by atoms with Gasteiger partial charge in [-0.3, -0.25) is 9.89 Å². The van der Waals surface area contributed by atoms with Crippen molar-refractivity contribution in [3.63, 3.8) is 0 Å². The number of hydrogen-bond acceptors (Lipinski definition) is 4. The zero-order chi connectivity index (χ0) is 15.1. The Morgan fingerprint density at radius 3 is 2.86 bits per heavy atom. The summed E-state index contributed by atoms with van der Waals surface area (Å²) in [5.74, 6) is 0.822. The molecule has 112 valence electrons. The molecular formula is C14H17FN4O2. The SMILES string of the molecule is CC(NC(=O)CCCOc1ccc(F)cc1)c1ncn[nH]1. The van der Waals surface area contributed by atoms with Gasteiger partial charge in [-0.1, -0.05) is 0 Å². The molecule has 1 amide bonds. The maximum Gasteiger partial charge on any atom is 0.220 e. The third-order valence-corrected chi connectivity index (χ3v) is 2.85. The van der Waals surface area contributed by atoms with Crippen LogP contribution in [0.2, 0.25) is 0 Å². The van der Waals surface area contributed by atoms with Crippen LogP contribution in [0.15, 0.2) is 30.6 Å². The number of H-pyrrole nitrogens is 1. The molecule has 0 radical (unpaired) electrons. The number of aromatic nitrogens is 3. The number of benzene rings is 1. The van der Waals surface area contributed by atoms with Crippen molar-refractivity contribution < 1.29 is 13.9 Å². The largest absolute Gasteiger partial charge is 0.494 e. The molecule has 6 nitrogen and oxygen atoms in total. The minimum atomic E-state index is -0.303. The highest BCUT2D eigenvalue weighted by atomic mass is 19.1. The van der Waals surface area contributed by atoms with E-state index in [2.05, 4.69) is 20.5 Å². The maximum absolute atomic E-state index is 12.7. The number of halogens is 1. The first kappa shape index (κ1) is 15.0. The van der Waals surface area contributed by atoms with Gasteiger partial charge in [0.05, 0.1) is 12.6 Å². The quantitative estimate of drug-likeness (QED) is 0.765. The zero-order valence-corrected chi connectivity index (χ0v) is 11.7. The average Bonchev–Trinajstić information content (AvgIpc) is 3.00. The van der Waals surface area contributed by atoms with Crippen molar-refractivity contribution in [2.24, 2.45) is 0 Å². The van der Waals surface area contributed by atoms with E-state index in [-0.39, 0.29) is 17.8 Å². The van der Waals surface area contributed by atoms with Crippen molar-refractivity contribution in [1.29, 1.82) is 0 Å². The Morgan fingerprint density at radius 2 is 2.19 bits per heavy atom. The Hall–Kier alpha value is -2.44. The number of hydrogen-bond donors (Lipinski definition) is 2. The van der Waals surface area contributed by atoms with Gasteiger partial charge in [-0.05, 0) is 37.6 Å². The Balaban J connectivity index is 1.64. The van der Waals surface area contributed by atoms with E-state index in [1.807, 2.05) is 6.92 Å². The normalized spacial score (nSPS) is 11.9. The van der Waals surface area contributed by atoms with Gasteiger partial charge in [0.15, 0.2) is 0 Å². The number of carbonyl (C=O) groups is 1. The van der Waals surface area contributed by atoms with Crippen LogP contribution in [0.25, 0.3) is 0 Å². The summed E-state index contributed by atoms with van der Waals surface area (Å²) in [6.45, 7) is 2.23. The van der Waals surface area contributed by atoms with Crippen LogP contribution in [0.1, 0.15) is 31.6 Å². The van der Waals surface area contributed by atoms with E-state index in [0.717, 1.165) is 0 Å². The van der Waals surface area contributed by atoms with Crippen molar-refractivity contribution in [2.45, 2.75) is 25.8 Å². The lowest BCUT2D eigenvalue weighted by molar-refractivity contribution is -0.122. The molecule has 7 heteroatoms. The fraction of sp³-hybridized carbons (Fsp3) is 0.357. The molecular weight excluding hydrogens is 275 g/mol. The second-order valence-corrected chi connectivity index (χ2v) is 4.57. The molecule has 1 atom stereocenters. The lowest BCUT2D eigenvalue weighted by Crippen LogP contribution is -2.27. The first-order valence-corrected chi connectivity index (χ1v) is 6.68. The Kier molecular flexibility index (Phi) is 5.25. The Bertz CT molecular complexity index is 557. The van der Waals surface area contributed by atoms with Crippen LogP contribution in [-0.4, -0.2) is 27.7 Å². The smallest absolute Gasteiger partial charge is 0.220 e. The molecule has 2 aromatic rings. The highest BCUT2D eigenvalue weighted by molar-refractivity contribution is 5.76. The molecule has 2 N–H and O–H groups in total. The van der Waals surface area contributed by atoms with Crippen LogP contribution in [0.3, 0.4) is 0 Å². The van der Waals surface area contributed by atoms with Gasteiger partial charge in [-0.2, -0.15) is 5.10 Å². The summed E-state index contributed by atoms with van der Waals surface area (Å²) in [6, 6.07) is 5.57. The van der Waals surface area contributed by atoms with E-state index in [9.17, 15) is 9.18 Å². The molecule has 1 heterocycles. The molecule has 2 rings (SSSR count). The average molecular weight is 292 g/mol. The van der Waals surface area contributed by atoms with Gasteiger partial charge >= 0.3 is 0 Å². The number of aromatic amines is 1. The molecule has 0 saturated heterocycles. The zero-order valence-electron chi connectivity index (χ0n) is 11.7. The molecule has 1 aromatic carbocycles. The monoisotopic (exact) mass is 292 g/mol. The van der Waals surface area contributed by atoms with Crippen molar-refractivity contribution in [3.05, 3.63) is 42.2 Å². The minimum absolute atomic E-state index is 0.0818. The van der Waals surface area contributed by atoms with E-state index in [4.69, 9.17) is 4.74 Å². The van der Waals surface area contributed by atoms with Crippen LogP contribution in [-0.2, 0) is 4.79 Å². The first-order valence-electron chi connectivity index (χ1n) is 6.68. The molecule has 0 aliphatic carbocycles. The van der Waals surface area contributed by atoms with Crippen LogP contribution in [0, 0.1) is 5.82 Å². The summed E-state index contributed by atoms with van der Waals surface area (Å²) in [4.78, 5) is 15.7. The van der Waals surface area contributed by atoms with Crippen molar-refractivity contribution >= 4 is 5.91 Å². The predicted molar refractivity (Wildman–Crippen MR) is 74.1 cm³/mol. The third-order valence-electron chi connectivity index (χ3n) is 2.85. The van der Waals surface area contributed by atoms with Crippen LogP contribution in [0.4, 0.5) is 4.39 Å². The standard InChI is InChI=1S/C14H17FN4O2/c1-10(14-16-9-17-19-14)18-13(20)3-2-8-21-12-6-4-11(15)5-7-12/h4-7,9-10H,2-3,8H2,1H3,(H,18,20)(H,16,17,19). The summed E-state index contributed by atoms with van der Waals surface area (Å²) in [5, 5.41) is 9.25. The van der Waals surface area contributed by atoms with Crippen molar-refractivity contribution in [1.82, 2.24) is 20.5 Å². The molecule has 0 fully saturated rings. The van der Waals surface area contributed by atoms with Crippen LogP contribution in [0.5, 0.6) is 5.75 Å². The van der Waals surface area contributed by atoms with Gasteiger partial charge in [-0.25, -0.2) is 9.37 Å². The van der Waals surface area contributed by atoms with Crippen LogP contribution < -0.4 is 10.1 Å². The van der Waals surface area contributed by atoms with E-state index in [1.54, 1.807) is 12.1 Å². The topological polar surface area (TPSA) is 79.9 Å². The number of nitrogens with one attached hydrogen (secondary N) is 2. The number of amides is 1. The molecule has 1 unspecified atom stereocenters. The highest BCUT2D eigenvalue weighted by Gasteiger charge is 2.11. The highest BCUT2D eigenvalue weighted by Crippen LogP contribution is 2.11. The number of carbonyl (C=O) groups excluding carboxylic acids is 1. The van der Waals surface area contributed by atoms with Gasteiger partial charge < -0.3 is 10.1 Å². The molecule has 0 saturated carbocycles. The molecule has 0 spiro atoms. The predicted octanol–water partition coefficient (Wildman–Crippen LogP) is 1.98. The van der Waals surface area contributed by atoms with Crippen molar-refractivity contribution in [2.75, 3.05) is 6.61 Å². The van der Waals surface area contributed by atoms with Gasteiger partial charge in [0.2, 0.25) is 5.91 Å². The second kappa shape index (κ2) is 7.37. The van der Waals surface area contributed by atoms with E-state index in [1.165, 1.54) is 18.5 Å². The number of rotatable bonds is 7. The number of nitrogens with zero attached hydrogens (tertiary/aromatic N) is 2. The van der Waals surface area contributed by atoms with Gasteiger partial charge in [0.25, 0.3) is 0 Å². The van der Waals surface area contributed by atoms with E-state index < -0.39 is 0 Å². The molecule has 0 aliphatic heterocycles. The number of ether oxygens (including phenoxy) is 1. The van der Waals surface area contributed by atoms with E-state index in [0.29, 0.717) is 31.0 Å². The Morgan fingerprint density at radius 1 is 1.43 bits per heavy atom. The summed E-state index contributed by atoms with van der Waals surface area (Å²) >= 11 is 0. The van der Waals surface area contributed by atoms with Gasteiger partial charge in [0, 0.05) is 6.42 Å². The maximum atomic E-state index is 12.7. The third kappa shape index (κ3) is 4.87. The fourth-order valence-corrected chi connectivity index (χ4v) is 1.76. The summed E-state index contributed by atoms with van der Waals surface area (Å²) in [6.07, 6.45) is 2.32. The lowest BCUT2D eigenvalue weighted by atomic mass is 10.2. The lowest BCUT2D eigenvalue weighted by Gasteiger charge is -2.11. The molecule has 1 aromatic heterocycles. The summed E-state index contributed by atoms with van der Waals surface area (Å²) in [5.41, 5.74) is 0. The summed E-state index contributed by atoms with van der Waals surface area (Å²) in [7, 11) is 0. The second-order valence-electron chi connectivity index (χ2n) is 4.57. The summed E-state index contributed by atoms with van der Waals surface area (Å²) < 4.78 is 18.1. The van der Waals surface area contributed by atoms with Gasteiger partial charge in [0.1, 0.15) is 23.7 Å². The van der Waals surface area contributed by atoms with Gasteiger partial charge in [-0.15, -0.1) is 0 Å². The molecule has 0 bridgehead atoms. The van der Waals surface area contributed by atoms with E-state index >= 15 is 0 Å². The molecule has 21 heavy (non-hydrogen) atoms. The fourth-order valence-electron chi connectivity index (χ4n) is 1.76. The molecule has 0 aliphatic rings. The first-order chi connectivity index (χ1) is 10.1. The van der Waals surface area contributed by atoms with Crippen LogP contribution >= 0.6 is 0 Å². The van der Waals surface area contributed by atoms with Crippen molar-refractivity contribution in [3.8, 4) is 5.75 Å².